The van der Waals surface area contributed by atoms with Crippen LogP contribution in [0.2, 0.25) is 0 Å². The molecule has 2 saturated heterocycles. The maximum atomic E-state index is 13.1. The van der Waals surface area contributed by atoms with Gasteiger partial charge < -0.3 is 28.4 Å². The fraction of sp³-hybridized carbons (Fsp3) is 0.286. The maximum Gasteiger partial charge on any atom is 0.338 e. The molecule has 0 aliphatic carbocycles. The fourth-order valence-electron chi connectivity index (χ4n) is 4.31. The Balaban J connectivity index is 1.46. The number of fused-ring (bicyclic) bond motifs is 1. The molecule has 3 aromatic rings. The first-order valence-corrected chi connectivity index (χ1v) is 11.7. The average Bonchev–Trinajstić information content (AvgIpc) is 2.95. The summed E-state index contributed by atoms with van der Waals surface area (Å²) >= 11 is 0. The van der Waals surface area contributed by atoms with Gasteiger partial charge in [-0.05, 0) is 24.3 Å². The van der Waals surface area contributed by atoms with E-state index in [9.17, 15) is 9.59 Å². The highest BCUT2D eigenvalue weighted by Crippen LogP contribution is 2.37. The number of hydrogen-bond acceptors (Lipinski definition) is 8. The number of carbonyl (C=O) groups excluding carboxylic acids is 2. The number of ether oxygens (including phenoxy) is 6. The molecule has 2 aliphatic heterocycles. The third-order valence-electron chi connectivity index (χ3n) is 6.09. The second-order valence-corrected chi connectivity index (χ2v) is 8.43. The van der Waals surface area contributed by atoms with E-state index in [1.165, 1.54) is 7.11 Å². The first-order chi connectivity index (χ1) is 17.6. The van der Waals surface area contributed by atoms with E-state index in [2.05, 4.69) is 0 Å². The first kappa shape index (κ1) is 24.1. The smallest absolute Gasteiger partial charge is 0.338 e. The summed E-state index contributed by atoms with van der Waals surface area (Å²) < 4.78 is 35.5. The number of esters is 2. The van der Waals surface area contributed by atoms with Crippen molar-refractivity contribution in [1.29, 1.82) is 0 Å². The minimum absolute atomic E-state index is 0.169. The van der Waals surface area contributed by atoms with Crippen molar-refractivity contribution < 1.29 is 38.0 Å². The molecule has 6 atom stereocenters. The largest absolute Gasteiger partial charge is 0.452 e. The zero-order valence-corrected chi connectivity index (χ0v) is 19.6. The highest BCUT2D eigenvalue weighted by Gasteiger charge is 2.54. The summed E-state index contributed by atoms with van der Waals surface area (Å²) in [6, 6.07) is 26.5. The Morgan fingerprint density at radius 3 is 1.81 bits per heavy atom. The number of benzene rings is 3. The van der Waals surface area contributed by atoms with Crippen molar-refractivity contribution in [3.8, 4) is 0 Å². The highest BCUT2D eigenvalue weighted by molar-refractivity contribution is 5.90. The lowest BCUT2D eigenvalue weighted by Gasteiger charge is -2.47. The van der Waals surface area contributed by atoms with Gasteiger partial charge in [0, 0.05) is 12.7 Å². The van der Waals surface area contributed by atoms with Gasteiger partial charge in [-0.2, -0.15) is 0 Å². The Kier molecular flexibility index (Phi) is 7.39. The monoisotopic (exact) mass is 490 g/mol. The molecule has 186 valence electrons. The Labute approximate surface area is 208 Å². The lowest BCUT2D eigenvalue weighted by Crippen LogP contribution is -2.64. The van der Waals surface area contributed by atoms with Gasteiger partial charge in [0.2, 0.25) is 0 Å². The van der Waals surface area contributed by atoms with Gasteiger partial charge >= 0.3 is 11.9 Å². The standard InChI is InChI=1S/C28H26O8/c1-31-28-24(35-26(30)19-13-7-3-8-14-19)23(34-25(29)18-11-5-2-6-12-18)22-21(33-28)17-32-27(36-22)20-15-9-4-10-16-20/h2-16,21-24,27-28H,17H2,1H3/t21-,22-,23+,24-,27-,28+/m1/s1. The normalized spacial score (nSPS) is 27.5. The maximum absolute atomic E-state index is 13.1. The van der Waals surface area contributed by atoms with Crippen LogP contribution in [-0.4, -0.2) is 56.4 Å². The SMILES string of the molecule is CO[C@H]1O[C@@H]2CO[C@@H](c3ccccc3)O[C@H]2[C@H](OC(=O)c2ccccc2)[C@H]1OC(=O)c1ccccc1. The average molecular weight is 491 g/mol. The van der Waals surface area contributed by atoms with E-state index in [1.807, 2.05) is 30.3 Å². The van der Waals surface area contributed by atoms with Crippen molar-refractivity contribution in [3.63, 3.8) is 0 Å². The van der Waals surface area contributed by atoms with Crippen LogP contribution in [0.4, 0.5) is 0 Å². The summed E-state index contributed by atoms with van der Waals surface area (Å²) in [5.74, 6) is -1.18. The van der Waals surface area contributed by atoms with Crippen molar-refractivity contribution >= 4 is 11.9 Å². The van der Waals surface area contributed by atoms with Gasteiger partial charge in [-0.15, -0.1) is 0 Å². The Morgan fingerprint density at radius 2 is 1.25 bits per heavy atom. The molecule has 0 radical (unpaired) electrons. The molecule has 0 spiro atoms. The van der Waals surface area contributed by atoms with Gasteiger partial charge in [-0.25, -0.2) is 9.59 Å². The zero-order chi connectivity index (χ0) is 24.9. The summed E-state index contributed by atoms with van der Waals surface area (Å²) in [4.78, 5) is 26.1. The van der Waals surface area contributed by atoms with E-state index < -0.39 is 48.9 Å². The molecule has 2 fully saturated rings. The van der Waals surface area contributed by atoms with Crippen LogP contribution in [0.1, 0.15) is 32.6 Å². The molecule has 36 heavy (non-hydrogen) atoms. The quantitative estimate of drug-likeness (QED) is 0.481. The Bertz CT molecular complexity index is 1150. The number of carbonyl (C=O) groups is 2. The molecule has 8 nitrogen and oxygen atoms in total. The molecular weight excluding hydrogens is 464 g/mol. The molecule has 0 amide bonds. The van der Waals surface area contributed by atoms with E-state index in [4.69, 9.17) is 28.4 Å². The van der Waals surface area contributed by atoms with E-state index in [-0.39, 0.29) is 6.61 Å². The lowest BCUT2D eigenvalue weighted by molar-refractivity contribution is -0.356. The van der Waals surface area contributed by atoms with Gasteiger partial charge in [0.15, 0.2) is 24.8 Å². The summed E-state index contributed by atoms with van der Waals surface area (Å²) in [7, 11) is 1.43. The molecule has 5 rings (SSSR count). The topological polar surface area (TPSA) is 89.5 Å². The second-order valence-electron chi connectivity index (χ2n) is 8.43. The Hall–Kier alpha value is -3.56. The molecule has 2 aliphatic rings. The molecular formula is C28H26O8. The van der Waals surface area contributed by atoms with E-state index in [0.717, 1.165) is 5.56 Å². The number of methoxy groups -OCH3 is 1. The lowest BCUT2D eigenvalue weighted by atomic mass is 9.97. The minimum Gasteiger partial charge on any atom is -0.452 e. The van der Waals surface area contributed by atoms with Crippen molar-refractivity contribution in [1.82, 2.24) is 0 Å². The van der Waals surface area contributed by atoms with E-state index >= 15 is 0 Å². The number of hydrogen-bond donors (Lipinski definition) is 0. The van der Waals surface area contributed by atoms with Crippen LogP contribution < -0.4 is 0 Å². The Morgan fingerprint density at radius 1 is 0.722 bits per heavy atom. The van der Waals surface area contributed by atoms with Crippen LogP contribution in [-0.2, 0) is 28.4 Å². The van der Waals surface area contributed by atoms with Crippen molar-refractivity contribution in [2.24, 2.45) is 0 Å². The second kappa shape index (κ2) is 11.0. The van der Waals surface area contributed by atoms with E-state index in [0.29, 0.717) is 11.1 Å². The van der Waals surface area contributed by atoms with Crippen LogP contribution in [0.25, 0.3) is 0 Å². The molecule has 0 saturated carbocycles. The number of rotatable bonds is 6. The molecule has 8 heteroatoms. The molecule has 0 aromatic heterocycles. The van der Waals surface area contributed by atoms with Crippen LogP contribution in [0.5, 0.6) is 0 Å². The van der Waals surface area contributed by atoms with Crippen LogP contribution in [0, 0.1) is 0 Å². The van der Waals surface area contributed by atoms with Crippen molar-refractivity contribution in [2.45, 2.75) is 37.0 Å². The first-order valence-electron chi connectivity index (χ1n) is 11.7. The summed E-state index contributed by atoms with van der Waals surface area (Å²) in [5, 5.41) is 0. The van der Waals surface area contributed by atoms with Crippen molar-refractivity contribution in [2.75, 3.05) is 13.7 Å². The van der Waals surface area contributed by atoms with Gasteiger partial charge in [0.1, 0.15) is 12.2 Å². The molecule has 0 bridgehead atoms. The van der Waals surface area contributed by atoms with Crippen LogP contribution in [0.15, 0.2) is 91.0 Å². The molecule has 2 heterocycles. The molecule has 0 N–H and O–H groups in total. The predicted molar refractivity (Wildman–Crippen MR) is 127 cm³/mol. The highest BCUT2D eigenvalue weighted by atomic mass is 16.8. The summed E-state index contributed by atoms with van der Waals surface area (Å²) in [5.41, 5.74) is 1.50. The van der Waals surface area contributed by atoms with Crippen molar-refractivity contribution in [3.05, 3.63) is 108 Å². The summed E-state index contributed by atoms with van der Waals surface area (Å²) in [6.07, 6.45) is -5.23. The fourth-order valence-corrected chi connectivity index (χ4v) is 4.31. The van der Waals surface area contributed by atoms with E-state index in [1.54, 1.807) is 60.7 Å². The van der Waals surface area contributed by atoms with Gasteiger partial charge in [0.05, 0.1) is 17.7 Å². The predicted octanol–water partition coefficient (Wildman–Crippen LogP) is 3.92. The molecule has 3 aromatic carbocycles. The van der Waals surface area contributed by atoms with Gasteiger partial charge in [0.25, 0.3) is 0 Å². The third-order valence-corrected chi connectivity index (χ3v) is 6.09. The summed E-state index contributed by atoms with van der Waals surface area (Å²) in [6.45, 7) is 0.169. The molecule has 0 unspecified atom stereocenters. The van der Waals surface area contributed by atoms with Gasteiger partial charge in [-0.1, -0.05) is 66.7 Å². The minimum atomic E-state index is -1.09. The zero-order valence-electron chi connectivity index (χ0n) is 19.6. The van der Waals surface area contributed by atoms with Gasteiger partial charge in [-0.3, -0.25) is 0 Å². The van der Waals surface area contributed by atoms with Crippen LogP contribution >= 0.6 is 0 Å². The third kappa shape index (κ3) is 5.17. The van der Waals surface area contributed by atoms with Crippen LogP contribution in [0.3, 0.4) is 0 Å².